The van der Waals surface area contributed by atoms with Crippen LogP contribution in [0.5, 0.6) is 0 Å². The van der Waals surface area contributed by atoms with Gasteiger partial charge < -0.3 is 20.3 Å². The van der Waals surface area contributed by atoms with Crippen LogP contribution in [-0.4, -0.2) is 47.7 Å². The average Bonchev–Trinajstić information content (AvgIpc) is 2.36. The van der Waals surface area contributed by atoms with Gasteiger partial charge in [-0.15, -0.1) is 0 Å². The zero-order chi connectivity index (χ0) is 13.6. The Balaban J connectivity index is 2.30. The van der Waals surface area contributed by atoms with E-state index in [1.54, 1.807) is 0 Å². The fraction of sp³-hybridized carbons (Fsp3) is 1.00. The van der Waals surface area contributed by atoms with Crippen molar-refractivity contribution >= 4 is 0 Å². The molecule has 0 amide bonds. The monoisotopic (exact) mass is 259 g/mol. The van der Waals surface area contributed by atoms with Gasteiger partial charge in [-0.25, -0.2) is 0 Å². The van der Waals surface area contributed by atoms with E-state index < -0.39 is 6.10 Å². The maximum atomic E-state index is 9.82. The first-order valence-corrected chi connectivity index (χ1v) is 7.13. The largest absolute Gasteiger partial charge is 0.394 e. The van der Waals surface area contributed by atoms with Crippen molar-refractivity contribution in [2.45, 2.75) is 64.2 Å². The van der Waals surface area contributed by atoms with Gasteiger partial charge in [-0.05, 0) is 45.4 Å². The van der Waals surface area contributed by atoms with Gasteiger partial charge in [0.2, 0.25) is 0 Å². The van der Waals surface area contributed by atoms with Crippen molar-refractivity contribution in [3.63, 3.8) is 0 Å². The van der Waals surface area contributed by atoms with Crippen LogP contribution in [0, 0.1) is 5.92 Å². The summed E-state index contributed by atoms with van der Waals surface area (Å²) in [4.78, 5) is 0. The number of nitrogens with one attached hydrogen (secondary N) is 1. The van der Waals surface area contributed by atoms with E-state index in [1.807, 2.05) is 13.8 Å². The lowest BCUT2D eigenvalue weighted by atomic mass is 9.77. The summed E-state index contributed by atoms with van der Waals surface area (Å²) in [5.74, 6) is 0.751. The van der Waals surface area contributed by atoms with Crippen LogP contribution < -0.4 is 5.32 Å². The molecular formula is C14H29NO3. The Hall–Kier alpha value is -0.160. The molecule has 1 unspecified atom stereocenters. The predicted molar refractivity (Wildman–Crippen MR) is 72.5 cm³/mol. The standard InChI is InChI=1S/C14H29NO3/c1-11(2)18-9-13(17)8-15-14(10-16)6-4-12(3)5-7-14/h11-13,15-17H,4-10H2,1-3H3. The fourth-order valence-electron chi connectivity index (χ4n) is 2.40. The molecule has 0 aromatic heterocycles. The van der Waals surface area contributed by atoms with Crippen LogP contribution in [0.4, 0.5) is 0 Å². The maximum Gasteiger partial charge on any atom is 0.0898 e. The van der Waals surface area contributed by atoms with E-state index in [0.717, 1.165) is 31.6 Å². The molecule has 0 spiro atoms. The molecule has 0 aromatic rings. The van der Waals surface area contributed by atoms with E-state index in [4.69, 9.17) is 4.74 Å². The van der Waals surface area contributed by atoms with Gasteiger partial charge in [-0.2, -0.15) is 0 Å². The van der Waals surface area contributed by atoms with Crippen LogP contribution in [0.25, 0.3) is 0 Å². The summed E-state index contributed by atoms with van der Waals surface area (Å²) >= 11 is 0. The van der Waals surface area contributed by atoms with E-state index in [1.165, 1.54) is 0 Å². The second kappa shape index (κ2) is 7.43. The zero-order valence-corrected chi connectivity index (χ0v) is 12.0. The second-order valence-corrected chi connectivity index (χ2v) is 6.04. The lowest BCUT2D eigenvalue weighted by Gasteiger charge is -2.39. The lowest BCUT2D eigenvalue weighted by molar-refractivity contribution is -0.00141. The summed E-state index contributed by atoms with van der Waals surface area (Å²) in [6, 6.07) is 0. The number of β-amino-alcohol motifs (C(OH)–C–C–N with tert-alkyl or cyclic N) is 1. The highest BCUT2D eigenvalue weighted by atomic mass is 16.5. The Morgan fingerprint density at radius 1 is 1.33 bits per heavy atom. The average molecular weight is 259 g/mol. The van der Waals surface area contributed by atoms with E-state index in [9.17, 15) is 10.2 Å². The van der Waals surface area contributed by atoms with Gasteiger partial charge >= 0.3 is 0 Å². The third-order valence-corrected chi connectivity index (χ3v) is 3.87. The minimum Gasteiger partial charge on any atom is -0.394 e. The fourth-order valence-corrected chi connectivity index (χ4v) is 2.40. The molecule has 1 atom stereocenters. The third kappa shape index (κ3) is 5.22. The van der Waals surface area contributed by atoms with Crippen molar-refractivity contribution in [1.29, 1.82) is 0 Å². The van der Waals surface area contributed by atoms with Gasteiger partial charge in [-0.1, -0.05) is 6.92 Å². The molecule has 1 aliphatic carbocycles. The maximum absolute atomic E-state index is 9.82. The van der Waals surface area contributed by atoms with Crippen molar-refractivity contribution in [1.82, 2.24) is 5.32 Å². The summed E-state index contributed by atoms with van der Waals surface area (Å²) in [6.07, 6.45) is 3.90. The highest BCUT2D eigenvalue weighted by Gasteiger charge is 2.33. The molecule has 0 heterocycles. The Morgan fingerprint density at radius 3 is 2.44 bits per heavy atom. The quantitative estimate of drug-likeness (QED) is 0.645. The normalized spacial score (nSPS) is 30.7. The van der Waals surface area contributed by atoms with Gasteiger partial charge in [0.1, 0.15) is 0 Å². The molecule has 1 rings (SSSR count). The molecule has 0 saturated heterocycles. The van der Waals surface area contributed by atoms with Crippen molar-refractivity contribution in [3.05, 3.63) is 0 Å². The summed E-state index contributed by atoms with van der Waals surface area (Å²) < 4.78 is 5.37. The van der Waals surface area contributed by atoms with Crippen LogP contribution in [0.3, 0.4) is 0 Å². The van der Waals surface area contributed by atoms with Gasteiger partial charge in [0.15, 0.2) is 0 Å². The summed E-state index contributed by atoms with van der Waals surface area (Å²) in [7, 11) is 0. The van der Waals surface area contributed by atoms with E-state index in [-0.39, 0.29) is 18.2 Å². The summed E-state index contributed by atoms with van der Waals surface area (Å²) in [5.41, 5.74) is -0.189. The van der Waals surface area contributed by atoms with E-state index >= 15 is 0 Å². The van der Waals surface area contributed by atoms with Crippen LogP contribution in [0.15, 0.2) is 0 Å². The first kappa shape index (κ1) is 15.9. The summed E-state index contributed by atoms with van der Waals surface area (Å²) in [6.45, 7) is 7.16. The number of ether oxygens (including phenoxy) is 1. The van der Waals surface area contributed by atoms with Crippen LogP contribution >= 0.6 is 0 Å². The number of hydrogen-bond donors (Lipinski definition) is 3. The van der Waals surface area contributed by atoms with Gasteiger partial charge in [-0.3, -0.25) is 0 Å². The molecular weight excluding hydrogens is 230 g/mol. The molecule has 0 bridgehead atoms. The predicted octanol–water partition coefficient (Wildman–Crippen LogP) is 1.30. The minimum atomic E-state index is -0.504. The van der Waals surface area contributed by atoms with Crippen molar-refractivity contribution in [2.24, 2.45) is 5.92 Å². The molecule has 0 radical (unpaired) electrons. The highest BCUT2D eigenvalue weighted by Crippen LogP contribution is 2.31. The zero-order valence-electron chi connectivity index (χ0n) is 12.0. The summed E-state index contributed by atoms with van der Waals surface area (Å²) in [5, 5.41) is 22.8. The molecule has 1 saturated carbocycles. The molecule has 3 N–H and O–H groups in total. The van der Waals surface area contributed by atoms with Crippen LogP contribution in [0.2, 0.25) is 0 Å². The van der Waals surface area contributed by atoms with Gasteiger partial charge in [0.25, 0.3) is 0 Å². The highest BCUT2D eigenvalue weighted by molar-refractivity contribution is 4.92. The Morgan fingerprint density at radius 2 is 1.94 bits per heavy atom. The third-order valence-electron chi connectivity index (χ3n) is 3.87. The second-order valence-electron chi connectivity index (χ2n) is 6.04. The van der Waals surface area contributed by atoms with Crippen molar-refractivity contribution in [3.8, 4) is 0 Å². The van der Waals surface area contributed by atoms with Gasteiger partial charge in [0.05, 0.1) is 25.4 Å². The molecule has 4 heteroatoms. The SMILES string of the molecule is CC1CCC(CO)(NCC(O)COC(C)C)CC1. The lowest BCUT2D eigenvalue weighted by Crippen LogP contribution is -2.53. The molecule has 0 aliphatic heterocycles. The number of rotatable bonds is 7. The number of hydrogen-bond acceptors (Lipinski definition) is 4. The van der Waals surface area contributed by atoms with E-state index in [0.29, 0.717) is 13.2 Å². The Bertz CT molecular complexity index is 225. The molecule has 1 fully saturated rings. The molecule has 18 heavy (non-hydrogen) atoms. The molecule has 4 nitrogen and oxygen atoms in total. The van der Waals surface area contributed by atoms with Crippen molar-refractivity contribution < 1.29 is 14.9 Å². The molecule has 108 valence electrons. The molecule has 0 aromatic carbocycles. The first-order valence-electron chi connectivity index (χ1n) is 7.13. The Labute approximate surface area is 111 Å². The number of aliphatic hydroxyl groups excluding tert-OH is 2. The Kier molecular flexibility index (Phi) is 6.57. The van der Waals surface area contributed by atoms with Crippen LogP contribution in [0.1, 0.15) is 46.5 Å². The van der Waals surface area contributed by atoms with Gasteiger partial charge in [0, 0.05) is 12.1 Å². The topological polar surface area (TPSA) is 61.7 Å². The smallest absolute Gasteiger partial charge is 0.0898 e. The number of aliphatic hydroxyl groups is 2. The minimum absolute atomic E-state index is 0.141. The van der Waals surface area contributed by atoms with E-state index in [2.05, 4.69) is 12.2 Å². The van der Waals surface area contributed by atoms with Crippen molar-refractivity contribution in [2.75, 3.05) is 19.8 Å². The van der Waals surface area contributed by atoms with Crippen LogP contribution in [-0.2, 0) is 4.74 Å². The molecule has 1 aliphatic rings. The first-order chi connectivity index (χ1) is 8.47.